The molecule has 29 heteroatoms. The van der Waals surface area contributed by atoms with Crippen LogP contribution in [-0.2, 0) is 48.8 Å². The van der Waals surface area contributed by atoms with Crippen LogP contribution in [0.1, 0.15) is 111 Å². The van der Waals surface area contributed by atoms with Crippen molar-refractivity contribution in [3.8, 4) is 0 Å². The highest BCUT2D eigenvalue weighted by molar-refractivity contribution is 7.91. The summed E-state index contributed by atoms with van der Waals surface area (Å²) >= 11 is 16.0. The molecule has 3 aromatic carbocycles. The van der Waals surface area contributed by atoms with Crippen LogP contribution in [0.25, 0.3) is 12.2 Å². The first-order valence-corrected chi connectivity index (χ1v) is 34.1. The number of hydrogen-bond acceptors (Lipinski definition) is 20. The standard InChI is InChI=1S/C27H33ClFN5O2S.C27H31ClFN5O2S.C6H5NO2S.C4H8O.H2N2.2H2O.H2/c2*1-18-20(14-24(29)25(32-18)17-37(35,36)26-7-5-4-6-23(26)28)9-8-19-15-30-27(31-16-19)33-21-10-12-22(13-11-21)34(2)3;8-7(9)5-3-1-2-4-6(5)10;1-2-4-5-3-1;1-2;;;/h4-7,14-16,21-22H,8-13,17H2,1-3H3,(H,30,31,33);4-9,14-16,21-22H,10-13,17H2,1-3H3,(H,30,31,33);1-4,10H;1-4H2;1-2H;2*1H2;1H/b;9-8+;;;;;;. The number of benzene rings is 3. The number of thiol groups is 1. The maximum atomic E-state index is 14.9. The number of aromatic nitrogens is 6. The van der Waals surface area contributed by atoms with Crippen LogP contribution in [-0.4, -0.2) is 138 Å². The van der Waals surface area contributed by atoms with Crippen LogP contribution in [0.5, 0.6) is 0 Å². The van der Waals surface area contributed by atoms with Crippen molar-refractivity contribution in [2.24, 2.45) is 0 Å². The number of nitro groups is 1. The number of anilines is 2. The molecular formula is C64H85Cl2F2N13O9S3. The minimum atomic E-state index is -3.85. The van der Waals surface area contributed by atoms with Crippen LogP contribution in [0.4, 0.5) is 26.4 Å². The van der Waals surface area contributed by atoms with E-state index in [0.717, 1.165) is 81.3 Å². The number of nitrogens with one attached hydrogen (secondary N) is 4. The molecule has 2 saturated carbocycles. The summed E-state index contributed by atoms with van der Waals surface area (Å²) in [5.41, 5.74) is 13.8. The van der Waals surface area contributed by atoms with Gasteiger partial charge in [0.1, 0.15) is 23.1 Å². The summed E-state index contributed by atoms with van der Waals surface area (Å²) < 4.78 is 85.6. The molecule has 1 saturated heterocycles. The van der Waals surface area contributed by atoms with E-state index in [-0.39, 0.29) is 49.3 Å². The molecule has 0 amide bonds. The number of sulfone groups is 2. The third-order valence-corrected chi connectivity index (χ3v) is 20.2. The van der Waals surface area contributed by atoms with Crippen molar-refractivity contribution in [3.05, 3.63) is 187 Å². The highest BCUT2D eigenvalue weighted by atomic mass is 35.5. The van der Waals surface area contributed by atoms with Crippen molar-refractivity contribution in [1.82, 2.24) is 39.7 Å². The quantitative estimate of drug-likeness (QED) is 0.0231. The Balaban J connectivity index is 0.000000382. The van der Waals surface area contributed by atoms with Crippen LogP contribution in [0.2, 0.25) is 10.0 Å². The molecule has 0 bridgehead atoms. The number of hydrogen-bond donors (Lipinski definition) is 5. The molecule has 2 aliphatic carbocycles. The van der Waals surface area contributed by atoms with E-state index < -0.39 is 47.7 Å². The summed E-state index contributed by atoms with van der Waals surface area (Å²) in [5.74, 6) is -1.24. The lowest BCUT2D eigenvalue weighted by Crippen LogP contribution is -2.36. The van der Waals surface area contributed by atoms with Gasteiger partial charge in [0, 0.05) is 86.6 Å². The summed E-state index contributed by atoms with van der Waals surface area (Å²) in [6.45, 7) is 5.47. The second-order valence-corrected chi connectivity index (χ2v) is 27.7. The maximum absolute atomic E-state index is 14.9. The largest absolute Gasteiger partial charge is 0.412 e. The van der Waals surface area contributed by atoms with Crippen LogP contribution >= 0.6 is 35.8 Å². The topological polar surface area (TPSA) is 339 Å². The van der Waals surface area contributed by atoms with Gasteiger partial charge >= 0.3 is 0 Å². The number of pyridine rings is 2. The van der Waals surface area contributed by atoms with Gasteiger partial charge in [0.25, 0.3) is 5.69 Å². The lowest BCUT2D eigenvalue weighted by Gasteiger charge is -2.32. The highest BCUT2D eigenvalue weighted by Crippen LogP contribution is 2.30. The number of rotatable bonds is 18. The average Bonchev–Trinajstić information content (AvgIpc) is 1.44. The Morgan fingerprint density at radius 3 is 1.51 bits per heavy atom. The fourth-order valence-electron chi connectivity index (χ4n) is 10.3. The van der Waals surface area contributed by atoms with Crippen molar-refractivity contribution in [2.75, 3.05) is 52.0 Å². The van der Waals surface area contributed by atoms with Gasteiger partial charge in [-0.05, 0) is 178 Å². The van der Waals surface area contributed by atoms with Crippen molar-refractivity contribution < 1.29 is 47.7 Å². The summed E-state index contributed by atoms with van der Waals surface area (Å²) in [6.07, 6.45) is 23.2. The molecular weight excluding hydrogens is 1300 g/mol. The van der Waals surface area contributed by atoms with Crippen LogP contribution in [0, 0.1) is 46.7 Å². The first-order chi connectivity index (χ1) is 43.5. The Bertz CT molecular complexity index is 3760. The number of nitrogens with zero attached hydrogens (tertiary/aromatic N) is 9. The van der Waals surface area contributed by atoms with E-state index in [0.29, 0.717) is 70.8 Å². The fraction of sp³-hybridized carbons (Fsp3) is 0.406. The van der Waals surface area contributed by atoms with E-state index in [9.17, 15) is 35.7 Å². The van der Waals surface area contributed by atoms with Gasteiger partial charge in [-0.25, -0.2) is 56.6 Å². The zero-order chi connectivity index (χ0) is 66.3. The van der Waals surface area contributed by atoms with Gasteiger partial charge in [-0.2, -0.15) is 0 Å². The first kappa shape index (κ1) is 78.4. The molecule has 22 nitrogen and oxygen atoms in total. The van der Waals surface area contributed by atoms with E-state index in [4.69, 9.17) is 39.0 Å². The number of nitro benzene ring substituents is 1. The molecule has 4 aromatic heterocycles. The van der Waals surface area contributed by atoms with Crippen LogP contribution in [0.3, 0.4) is 0 Å². The molecule has 506 valence electrons. The zero-order valence-electron chi connectivity index (χ0n) is 52.8. The number of aryl methyl sites for hydroxylation is 4. The second-order valence-electron chi connectivity index (χ2n) is 22.5. The maximum Gasteiger partial charge on any atom is 0.282 e. The predicted octanol–water partition coefficient (Wildman–Crippen LogP) is 12.3. The Morgan fingerprint density at radius 1 is 0.656 bits per heavy atom. The first-order valence-electron chi connectivity index (χ1n) is 29.6. The lowest BCUT2D eigenvalue weighted by molar-refractivity contribution is -0.387. The van der Waals surface area contributed by atoms with Crippen LogP contribution in [0.15, 0.2) is 124 Å². The smallest absolute Gasteiger partial charge is 0.282 e. The third-order valence-electron chi connectivity index (χ3n) is 15.6. The Kier molecular flexibility index (Phi) is 32.3. The van der Waals surface area contributed by atoms with Gasteiger partial charge in [0.05, 0.1) is 41.0 Å². The molecule has 7 aromatic rings. The molecule has 0 spiro atoms. The number of ether oxygens (including phenoxy) is 1. The Morgan fingerprint density at radius 2 is 1.09 bits per heavy atom. The van der Waals surface area contributed by atoms with E-state index in [2.05, 4.69) is 91.2 Å². The van der Waals surface area contributed by atoms with Crippen molar-refractivity contribution in [2.45, 2.75) is 141 Å². The van der Waals surface area contributed by atoms with Gasteiger partial charge in [0.15, 0.2) is 19.7 Å². The average molecular weight is 1390 g/mol. The molecule has 8 N–H and O–H groups in total. The minimum Gasteiger partial charge on any atom is -0.412 e. The van der Waals surface area contributed by atoms with Gasteiger partial charge in [-0.1, -0.05) is 71.8 Å². The van der Waals surface area contributed by atoms with Crippen molar-refractivity contribution in [1.29, 1.82) is 11.1 Å². The molecule has 93 heavy (non-hydrogen) atoms. The molecule has 0 atom stereocenters. The van der Waals surface area contributed by atoms with Gasteiger partial charge in [-0.3, -0.25) is 20.1 Å². The lowest BCUT2D eigenvalue weighted by atomic mass is 9.91. The molecule has 3 fully saturated rings. The SMILES string of the molecule is C1CCOC1.Cc1nc(CS(=O)(=O)c2ccccc2Cl)c(F)cc1/C=C/c1cnc(NC2CCC(N(C)C)CC2)nc1.Cc1nc(CS(=O)(=O)c2ccccc2Cl)c(F)cc1CCc1cnc(NC2CCC(N(C)C)CC2)nc1.N=N.O.O.O=[N+]([O-])c1ccccc1S.[HH]. The third kappa shape index (κ3) is 24.3. The van der Waals surface area contributed by atoms with Gasteiger partial charge in [0.2, 0.25) is 11.9 Å². The summed E-state index contributed by atoms with van der Waals surface area (Å²) in [5, 5.41) is 17.2. The van der Waals surface area contributed by atoms with Crippen LogP contribution < -0.4 is 10.6 Å². The van der Waals surface area contributed by atoms with E-state index in [1.165, 1.54) is 55.3 Å². The monoisotopic (exact) mass is 1380 g/mol. The van der Waals surface area contributed by atoms with Crippen molar-refractivity contribution >= 4 is 85.2 Å². The molecule has 0 radical (unpaired) electrons. The zero-order valence-corrected chi connectivity index (χ0v) is 56.9. The summed E-state index contributed by atoms with van der Waals surface area (Å²) in [7, 11) is 0.834. The molecule has 1 aliphatic heterocycles. The molecule has 5 heterocycles. The van der Waals surface area contributed by atoms with Crippen molar-refractivity contribution in [3.63, 3.8) is 0 Å². The normalized spacial score (nSPS) is 16.9. The Labute approximate surface area is 560 Å². The molecule has 0 unspecified atom stereocenters. The molecule has 10 rings (SSSR count). The van der Waals surface area contributed by atoms with E-state index >= 15 is 0 Å². The predicted molar refractivity (Wildman–Crippen MR) is 365 cm³/mol. The minimum absolute atomic E-state index is 0. The number of para-hydroxylation sites is 1. The molecule has 3 aliphatic rings. The summed E-state index contributed by atoms with van der Waals surface area (Å²) in [4.78, 5) is 40.9. The second kappa shape index (κ2) is 38.3. The number of halogens is 4. The van der Waals surface area contributed by atoms with E-state index in [1.54, 1.807) is 93.3 Å². The van der Waals surface area contributed by atoms with Gasteiger partial charge < -0.3 is 36.1 Å². The summed E-state index contributed by atoms with van der Waals surface area (Å²) in [6, 6.07) is 23.2. The Hall–Kier alpha value is -7.05. The van der Waals surface area contributed by atoms with Gasteiger partial charge in [-0.15, -0.1) is 12.6 Å². The fourth-order valence-corrected chi connectivity index (χ4v) is 14.3. The highest BCUT2D eigenvalue weighted by Gasteiger charge is 2.26. The van der Waals surface area contributed by atoms with E-state index in [1.807, 2.05) is 0 Å².